The maximum atomic E-state index is 5.43. The van der Waals surface area contributed by atoms with Crippen molar-refractivity contribution in [2.45, 2.75) is 0 Å². The van der Waals surface area contributed by atoms with E-state index >= 15 is 0 Å². The molecule has 5 heteroatoms. The quantitative estimate of drug-likeness (QED) is 0.670. The Kier molecular flexibility index (Phi) is 3.73. The van der Waals surface area contributed by atoms with Gasteiger partial charge in [-0.3, -0.25) is 4.98 Å². The first-order valence-corrected chi connectivity index (χ1v) is 6.45. The van der Waals surface area contributed by atoms with E-state index < -0.39 is 0 Å². The third kappa shape index (κ3) is 2.97. The Bertz CT molecular complexity index is 721. The van der Waals surface area contributed by atoms with E-state index in [1.165, 1.54) is 0 Å². The largest absolute Gasteiger partial charge is 0.490 e. The summed E-state index contributed by atoms with van der Waals surface area (Å²) >= 11 is 0. The van der Waals surface area contributed by atoms with Gasteiger partial charge in [-0.2, -0.15) is 4.98 Å². The summed E-state index contributed by atoms with van der Waals surface area (Å²) < 4.78 is 10.7. The predicted octanol–water partition coefficient (Wildman–Crippen LogP) is 3.36. The molecule has 2 aromatic heterocycles. The minimum Gasteiger partial charge on any atom is -0.490 e. The van der Waals surface area contributed by atoms with E-state index in [1.54, 1.807) is 18.5 Å². The molecule has 0 fully saturated rings. The van der Waals surface area contributed by atoms with Crippen molar-refractivity contribution in [3.05, 3.63) is 61.4 Å². The number of rotatable bonds is 5. The number of hydrogen-bond acceptors (Lipinski definition) is 5. The second-order valence-corrected chi connectivity index (χ2v) is 4.29. The Morgan fingerprint density at radius 3 is 2.71 bits per heavy atom. The summed E-state index contributed by atoms with van der Waals surface area (Å²) in [4.78, 5) is 8.40. The first-order chi connectivity index (χ1) is 10.4. The van der Waals surface area contributed by atoms with Gasteiger partial charge in [0.15, 0.2) is 0 Å². The molecule has 104 valence electrons. The summed E-state index contributed by atoms with van der Waals surface area (Å²) in [7, 11) is 0. The van der Waals surface area contributed by atoms with Gasteiger partial charge >= 0.3 is 0 Å². The van der Waals surface area contributed by atoms with E-state index in [9.17, 15) is 0 Å². The fourth-order valence-corrected chi connectivity index (χ4v) is 1.80. The Morgan fingerprint density at radius 1 is 1.14 bits per heavy atom. The van der Waals surface area contributed by atoms with Crippen LogP contribution in [0.5, 0.6) is 5.75 Å². The van der Waals surface area contributed by atoms with Crippen LogP contribution in [0.1, 0.15) is 0 Å². The monoisotopic (exact) mass is 279 g/mol. The zero-order valence-electron chi connectivity index (χ0n) is 11.3. The number of aromatic nitrogens is 3. The van der Waals surface area contributed by atoms with Crippen molar-refractivity contribution in [3.8, 4) is 28.6 Å². The molecular formula is C16H13N3O2. The van der Waals surface area contributed by atoms with Crippen LogP contribution in [0, 0.1) is 0 Å². The van der Waals surface area contributed by atoms with Crippen LogP contribution in [0.4, 0.5) is 0 Å². The minimum absolute atomic E-state index is 0.462. The maximum absolute atomic E-state index is 5.43. The summed E-state index contributed by atoms with van der Waals surface area (Å²) in [5.74, 6) is 1.75. The van der Waals surface area contributed by atoms with Gasteiger partial charge in [-0.15, -0.1) is 0 Å². The normalized spacial score (nSPS) is 10.3. The SMILES string of the molecule is C=CCOc1ccc(-c2nc(-c3cccnc3)no2)cc1. The molecular weight excluding hydrogens is 266 g/mol. The third-order valence-electron chi connectivity index (χ3n) is 2.81. The fourth-order valence-electron chi connectivity index (χ4n) is 1.80. The summed E-state index contributed by atoms with van der Waals surface area (Å²) in [6.45, 7) is 4.09. The summed E-state index contributed by atoms with van der Waals surface area (Å²) in [6.07, 6.45) is 5.10. The second-order valence-electron chi connectivity index (χ2n) is 4.29. The van der Waals surface area contributed by atoms with E-state index in [2.05, 4.69) is 21.7 Å². The van der Waals surface area contributed by atoms with E-state index in [0.29, 0.717) is 18.3 Å². The van der Waals surface area contributed by atoms with Crippen molar-refractivity contribution in [1.29, 1.82) is 0 Å². The smallest absolute Gasteiger partial charge is 0.258 e. The molecule has 0 aliphatic heterocycles. The second kappa shape index (κ2) is 6.00. The van der Waals surface area contributed by atoms with Gasteiger partial charge < -0.3 is 9.26 Å². The fraction of sp³-hybridized carbons (Fsp3) is 0.0625. The number of nitrogens with zero attached hydrogens (tertiary/aromatic N) is 3. The molecule has 3 rings (SSSR count). The van der Waals surface area contributed by atoms with Crippen molar-refractivity contribution < 1.29 is 9.26 Å². The molecule has 3 aromatic rings. The Labute approximate surface area is 121 Å². The molecule has 0 amide bonds. The van der Waals surface area contributed by atoms with E-state index in [4.69, 9.17) is 9.26 Å². The molecule has 0 radical (unpaired) electrons. The van der Waals surface area contributed by atoms with Gasteiger partial charge in [0.2, 0.25) is 5.82 Å². The summed E-state index contributed by atoms with van der Waals surface area (Å²) in [5, 5.41) is 3.96. The van der Waals surface area contributed by atoms with Crippen LogP contribution in [0.15, 0.2) is 66.0 Å². The van der Waals surface area contributed by atoms with Crippen LogP contribution in [-0.2, 0) is 0 Å². The zero-order valence-corrected chi connectivity index (χ0v) is 11.3. The highest BCUT2D eigenvalue weighted by molar-refractivity contribution is 5.59. The minimum atomic E-state index is 0.462. The van der Waals surface area contributed by atoms with Gasteiger partial charge in [-0.05, 0) is 36.4 Å². The topological polar surface area (TPSA) is 61.0 Å². The average Bonchev–Trinajstić information content (AvgIpc) is 3.04. The highest BCUT2D eigenvalue weighted by Gasteiger charge is 2.10. The molecule has 1 aromatic carbocycles. The van der Waals surface area contributed by atoms with Gasteiger partial charge in [0.25, 0.3) is 5.89 Å². The van der Waals surface area contributed by atoms with Crippen LogP contribution >= 0.6 is 0 Å². The molecule has 5 nitrogen and oxygen atoms in total. The van der Waals surface area contributed by atoms with Crippen LogP contribution in [0.3, 0.4) is 0 Å². The molecule has 0 atom stereocenters. The molecule has 21 heavy (non-hydrogen) atoms. The van der Waals surface area contributed by atoms with Crippen molar-refractivity contribution in [3.63, 3.8) is 0 Å². The molecule has 0 N–H and O–H groups in total. The van der Waals surface area contributed by atoms with E-state index in [1.807, 2.05) is 36.4 Å². The van der Waals surface area contributed by atoms with Crippen LogP contribution in [0.25, 0.3) is 22.8 Å². The van der Waals surface area contributed by atoms with E-state index in [-0.39, 0.29) is 0 Å². The highest BCUT2D eigenvalue weighted by atomic mass is 16.5. The lowest BCUT2D eigenvalue weighted by molar-refractivity contribution is 0.363. The van der Waals surface area contributed by atoms with Crippen LogP contribution in [0.2, 0.25) is 0 Å². The van der Waals surface area contributed by atoms with Gasteiger partial charge in [0.05, 0.1) is 0 Å². The number of ether oxygens (including phenoxy) is 1. The van der Waals surface area contributed by atoms with Crippen LogP contribution in [-0.4, -0.2) is 21.7 Å². The molecule has 0 bridgehead atoms. The average molecular weight is 279 g/mol. The highest BCUT2D eigenvalue weighted by Crippen LogP contribution is 2.23. The lowest BCUT2D eigenvalue weighted by Gasteiger charge is -2.02. The molecule has 2 heterocycles. The van der Waals surface area contributed by atoms with Gasteiger partial charge in [0.1, 0.15) is 12.4 Å². The maximum Gasteiger partial charge on any atom is 0.258 e. The first kappa shape index (κ1) is 13.1. The number of pyridine rings is 1. The van der Waals surface area contributed by atoms with Crippen molar-refractivity contribution >= 4 is 0 Å². The number of hydrogen-bond donors (Lipinski definition) is 0. The molecule has 0 aliphatic carbocycles. The molecule has 0 saturated heterocycles. The Hall–Kier alpha value is -2.95. The van der Waals surface area contributed by atoms with Gasteiger partial charge in [0, 0.05) is 23.5 Å². The number of benzene rings is 1. The third-order valence-corrected chi connectivity index (χ3v) is 2.81. The van der Waals surface area contributed by atoms with E-state index in [0.717, 1.165) is 16.9 Å². The van der Waals surface area contributed by atoms with Gasteiger partial charge in [-0.1, -0.05) is 17.8 Å². The zero-order chi connectivity index (χ0) is 14.5. The predicted molar refractivity (Wildman–Crippen MR) is 78.7 cm³/mol. The lowest BCUT2D eigenvalue weighted by Crippen LogP contribution is -1.92. The molecule has 0 saturated carbocycles. The molecule has 0 unspecified atom stereocenters. The van der Waals surface area contributed by atoms with Crippen LogP contribution < -0.4 is 4.74 Å². The standard InChI is InChI=1S/C16H13N3O2/c1-2-10-20-14-7-5-12(6-8-14)16-18-15(19-21-16)13-4-3-9-17-11-13/h2-9,11H,1,10H2. The Morgan fingerprint density at radius 2 is 2.00 bits per heavy atom. The van der Waals surface area contributed by atoms with Gasteiger partial charge in [-0.25, -0.2) is 0 Å². The Balaban J connectivity index is 1.81. The summed E-state index contributed by atoms with van der Waals surface area (Å²) in [5.41, 5.74) is 1.65. The van der Waals surface area contributed by atoms with Crippen molar-refractivity contribution in [1.82, 2.24) is 15.1 Å². The summed E-state index contributed by atoms with van der Waals surface area (Å²) in [6, 6.07) is 11.2. The first-order valence-electron chi connectivity index (χ1n) is 6.45. The lowest BCUT2D eigenvalue weighted by atomic mass is 10.2. The van der Waals surface area contributed by atoms with Crippen molar-refractivity contribution in [2.24, 2.45) is 0 Å². The van der Waals surface area contributed by atoms with Crippen molar-refractivity contribution in [2.75, 3.05) is 6.61 Å². The molecule has 0 aliphatic rings. The molecule has 0 spiro atoms.